The van der Waals surface area contributed by atoms with Crippen LogP contribution in [0, 0.1) is 11.3 Å². The lowest BCUT2D eigenvalue weighted by Gasteiger charge is -2.33. The van der Waals surface area contributed by atoms with Gasteiger partial charge >= 0.3 is 0 Å². The first kappa shape index (κ1) is 15.7. The Morgan fingerprint density at radius 2 is 1.74 bits per heavy atom. The third-order valence-corrected chi connectivity index (χ3v) is 3.42. The third kappa shape index (κ3) is 4.05. The number of nitrogens with one attached hydrogen (secondary N) is 1. The molecule has 0 saturated carbocycles. The van der Waals surface area contributed by atoms with Crippen LogP contribution in [0.4, 0.5) is 0 Å². The highest BCUT2D eigenvalue weighted by atomic mass is 15.2. The quantitative estimate of drug-likeness (QED) is 0.780. The zero-order valence-electron chi connectivity index (χ0n) is 12.3. The normalized spacial score (nSPS) is 14.1. The van der Waals surface area contributed by atoms with E-state index in [1.807, 2.05) is 37.4 Å². The highest BCUT2D eigenvalue weighted by Gasteiger charge is 2.32. The summed E-state index contributed by atoms with van der Waals surface area (Å²) < 4.78 is 0. The summed E-state index contributed by atoms with van der Waals surface area (Å²) in [6.07, 6.45) is 2.22. The van der Waals surface area contributed by atoms with Crippen molar-refractivity contribution in [3.63, 3.8) is 0 Å². The minimum atomic E-state index is -0.619. The maximum atomic E-state index is 9.68. The molecule has 0 bridgehead atoms. The number of likely N-dealkylation sites (N-methyl/N-ethyl adjacent to an activating group) is 1. The van der Waals surface area contributed by atoms with Crippen molar-refractivity contribution in [2.24, 2.45) is 0 Å². The van der Waals surface area contributed by atoms with E-state index in [0.717, 1.165) is 38.0 Å². The second-order valence-electron chi connectivity index (χ2n) is 4.91. The van der Waals surface area contributed by atoms with Crippen LogP contribution in [0.1, 0.15) is 32.3 Å². The van der Waals surface area contributed by atoms with Crippen molar-refractivity contribution in [1.29, 1.82) is 5.26 Å². The summed E-state index contributed by atoms with van der Waals surface area (Å²) in [6, 6.07) is 12.5. The van der Waals surface area contributed by atoms with Crippen molar-refractivity contribution < 1.29 is 0 Å². The van der Waals surface area contributed by atoms with Crippen LogP contribution in [0.5, 0.6) is 0 Å². The van der Waals surface area contributed by atoms with Gasteiger partial charge in [-0.1, -0.05) is 44.2 Å². The molecular formula is C16H25N3. The van der Waals surface area contributed by atoms with Crippen LogP contribution in [0.15, 0.2) is 30.3 Å². The first-order chi connectivity index (χ1) is 9.22. The van der Waals surface area contributed by atoms with E-state index < -0.39 is 5.54 Å². The number of benzene rings is 1. The molecule has 1 aromatic rings. The molecule has 0 fully saturated rings. The molecule has 1 N–H and O–H groups in total. The molecule has 0 aliphatic heterocycles. The van der Waals surface area contributed by atoms with E-state index >= 15 is 0 Å². The molecule has 1 atom stereocenters. The summed E-state index contributed by atoms with van der Waals surface area (Å²) in [5.41, 5.74) is 0.420. The molecule has 1 unspecified atom stereocenters. The van der Waals surface area contributed by atoms with Gasteiger partial charge in [0.2, 0.25) is 0 Å². The van der Waals surface area contributed by atoms with Gasteiger partial charge in [-0.3, -0.25) is 5.32 Å². The van der Waals surface area contributed by atoms with Crippen LogP contribution >= 0.6 is 0 Å². The van der Waals surface area contributed by atoms with Gasteiger partial charge in [-0.05, 0) is 38.5 Å². The minimum absolute atomic E-state index is 0.619. The van der Waals surface area contributed by atoms with E-state index in [4.69, 9.17) is 0 Å². The Morgan fingerprint density at radius 3 is 2.16 bits per heavy atom. The SMILES string of the molecule is CCCN(CCC)CC(C#N)(NC)c1ccccc1. The molecule has 0 aliphatic carbocycles. The summed E-state index contributed by atoms with van der Waals surface area (Å²) in [5.74, 6) is 0. The zero-order valence-corrected chi connectivity index (χ0v) is 12.3. The van der Waals surface area contributed by atoms with Crippen molar-refractivity contribution in [2.75, 3.05) is 26.7 Å². The van der Waals surface area contributed by atoms with Crippen molar-refractivity contribution in [3.8, 4) is 6.07 Å². The van der Waals surface area contributed by atoms with Gasteiger partial charge in [0.15, 0.2) is 0 Å². The molecule has 19 heavy (non-hydrogen) atoms. The fraction of sp³-hybridized carbons (Fsp3) is 0.562. The van der Waals surface area contributed by atoms with Crippen molar-refractivity contribution in [1.82, 2.24) is 10.2 Å². The van der Waals surface area contributed by atoms with Crippen molar-refractivity contribution in [3.05, 3.63) is 35.9 Å². The summed E-state index contributed by atoms with van der Waals surface area (Å²) in [5, 5.41) is 12.9. The fourth-order valence-electron chi connectivity index (χ4n) is 2.43. The Balaban J connectivity index is 2.96. The van der Waals surface area contributed by atoms with Gasteiger partial charge in [0.1, 0.15) is 5.54 Å². The molecule has 0 saturated heterocycles. The molecule has 1 rings (SSSR count). The number of rotatable bonds is 8. The van der Waals surface area contributed by atoms with Crippen LogP contribution in [0.25, 0.3) is 0 Å². The number of nitriles is 1. The topological polar surface area (TPSA) is 39.1 Å². The van der Waals surface area contributed by atoms with Crippen molar-refractivity contribution >= 4 is 0 Å². The Bertz CT molecular complexity index is 390. The predicted molar refractivity (Wildman–Crippen MR) is 79.8 cm³/mol. The maximum Gasteiger partial charge on any atom is 0.144 e. The molecule has 0 amide bonds. The highest BCUT2D eigenvalue weighted by Crippen LogP contribution is 2.21. The molecular weight excluding hydrogens is 234 g/mol. The lowest BCUT2D eigenvalue weighted by atomic mass is 9.90. The molecule has 0 spiro atoms. The van der Waals surface area contributed by atoms with E-state index in [-0.39, 0.29) is 0 Å². The summed E-state index contributed by atoms with van der Waals surface area (Å²) in [4.78, 5) is 2.37. The lowest BCUT2D eigenvalue weighted by Crippen LogP contribution is -2.49. The standard InChI is InChI=1S/C16H25N3/c1-4-11-19(12-5-2)14-16(13-17,18-3)15-9-7-6-8-10-15/h6-10,18H,4-5,11-12,14H2,1-3H3. The zero-order chi connectivity index (χ0) is 14.1. The van der Waals surface area contributed by atoms with Gasteiger partial charge in [-0.15, -0.1) is 0 Å². The average molecular weight is 259 g/mol. The van der Waals surface area contributed by atoms with E-state index in [9.17, 15) is 5.26 Å². The predicted octanol–water partition coefficient (Wildman–Crippen LogP) is 2.75. The molecule has 0 radical (unpaired) electrons. The van der Waals surface area contributed by atoms with Gasteiger partial charge in [-0.25, -0.2) is 0 Å². The van der Waals surface area contributed by atoms with Gasteiger partial charge in [0, 0.05) is 6.54 Å². The largest absolute Gasteiger partial charge is 0.300 e. The molecule has 3 nitrogen and oxygen atoms in total. The highest BCUT2D eigenvalue weighted by molar-refractivity contribution is 5.31. The molecule has 0 aliphatic rings. The monoisotopic (exact) mass is 259 g/mol. The maximum absolute atomic E-state index is 9.68. The van der Waals surface area contributed by atoms with E-state index in [1.54, 1.807) is 0 Å². The molecule has 1 aromatic carbocycles. The first-order valence-electron chi connectivity index (χ1n) is 7.10. The Morgan fingerprint density at radius 1 is 1.16 bits per heavy atom. The van der Waals surface area contributed by atoms with Gasteiger partial charge in [0.05, 0.1) is 6.07 Å². The van der Waals surface area contributed by atoms with E-state index in [1.165, 1.54) is 0 Å². The van der Waals surface area contributed by atoms with Crippen LogP contribution in [-0.4, -0.2) is 31.6 Å². The molecule has 3 heteroatoms. The summed E-state index contributed by atoms with van der Waals surface area (Å²) >= 11 is 0. The molecule has 0 heterocycles. The third-order valence-electron chi connectivity index (χ3n) is 3.42. The molecule has 0 aromatic heterocycles. The first-order valence-corrected chi connectivity index (χ1v) is 7.10. The van der Waals surface area contributed by atoms with E-state index in [2.05, 4.69) is 30.1 Å². The van der Waals surface area contributed by atoms with Gasteiger partial charge in [-0.2, -0.15) is 5.26 Å². The van der Waals surface area contributed by atoms with Crippen LogP contribution in [0.2, 0.25) is 0 Å². The van der Waals surface area contributed by atoms with Crippen molar-refractivity contribution in [2.45, 2.75) is 32.2 Å². The molecule has 104 valence electrons. The Labute approximate surface area is 117 Å². The van der Waals surface area contributed by atoms with Crippen LogP contribution in [-0.2, 0) is 5.54 Å². The second-order valence-corrected chi connectivity index (χ2v) is 4.91. The van der Waals surface area contributed by atoms with E-state index in [0.29, 0.717) is 0 Å². The number of hydrogen-bond acceptors (Lipinski definition) is 3. The Kier molecular flexibility index (Phi) is 6.55. The second kappa shape index (κ2) is 7.93. The summed E-state index contributed by atoms with van der Waals surface area (Å²) in [7, 11) is 1.87. The summed E-state index contributed by atoms with van der Waals surface area (Å²) in [6.45, 7) is 7.15. The number of hydrogen-bond donors (Lipinski definition) is 1. The van der Waals surface area contributed by atoms with Crippen LogP contribution in [0.3, 0.4) is 0 Å². The Hall–Kier alpha value is -1.37. The fourth-order valence-corrected chi connectivity index (χ4v) is 2.43. The average Bonchev–Trinajstić information content (AvgIpc) is 2.46. The van der Waals surface area contributed by atoms with Gasteiger partial charge in [0.25, 0.3) is 0 Å². The van der Waals surface area contributed by atoms with Crippen LogP contribution < -0.4 is 5.32 Å². The lowest BCUT2D eigenvalue weighted by molar-refractivity contribution is 0.217. The van der Waals surface area contributed by atoms with Gasteiger partial charge < -0.3 is 4.90 Å². The smallest absolute Gasteiger partial charge is 0.144 e. The number of nitrogens with zero attached hydrogens (tertiary/aromatic N) is 2. The minimum Gasteiger partial charge on any atom is -0.300 e.